The van der Waals surface area contributed by atoms with E-state index in [1.807, 2.05) is 19.9 Å². The highest BCUT2D eigenvalue weighted by molar-refractivity contribution is 5.75. The molecule has 1 aromatic heterocycles. The zero-order valence-corrected chi connectivity index (χ0v) is 10.9. The molecule has 1 amide bonds. The third kappa shape index (κ3) is 3.45. The minimum absolute atomic E-state index is 0.0487. The van der Waals surface area contributed by atoms with Crippen molar-refractivity contribution in [3.8, 4) is 6.07 Å². The van der Waals surface area contributed by atoms with Gasteiger partial charge in [0.2, 0.25) is 5.91 Å². The van der Waals surface area contributed by atoms with Gasteiger partial charge in [-0.15, -0.1) is 0 Å². The van der Waals surface area contributed by atoms with Crippen LogP contribution in [0.2, 0.25) is 0 Å². The highest BCUT2D eigenvalue weighted by Crippen LogP contribution is 1.97. The Morgan fingerprint density at radius 1 is 1.50 bits per heavy atom. The first kappa shape index (κ1) is 14.0. The third-order valence-corrected chi connectivity index (χ3v) is 2.52. The number of rotatable bonds is 4. The molecule has 0 aromatic carbocycles. The van der Waals surface area contributed by atoms with E-state index in [1.54, 1.807) is 13.0 Å². The number of nitrogens with one attached hydrogen (secondary N) is 1. The topological polar surface area (TPSA) is 74.9 Å². The number of amides is 1. The van der Waals surface area contributed by atoms with Crippen LogP contribution in [0, 0.1) is 24.2 Å². The molecule has 0 atom stereocenters. The Morgan fingerprint density at radius 3 is 2.72 bits per heavy atom. The van der Waals surface area contributed by atoms with Gasteiger partial charge in [0.15, 0.2) is 0 Å². The van der Waals surface area contributed by atoms with Crippen molar-refractivity contribution in [2.24, 2.45) is 5.92 Å². The number of pyridine rings is 1. The number of hydrogen-bond acceptors (Lipinski definition) is 3. The highest BCUT2D eigenvalue weighted by atomic mass is 16.2. The van der Waals surface area contributed by atoms with Crippen molar-refractivity contribution in [2.45, 2.75) is 27.3 Å². The van der Waals surface area contributed by atoms with Crippen molar-refractivity contribution in [1.82, 2.24) is 9.88 Å². The summed E-state index contributed by atoms with van der Waals surface area (Å²) in [5.41, 5.74) is 0.299. The standard InChI is InChI=1S/C13H17N3O2/c1-9(2)7-15-12(17)8-16-10(3)4-5-11(6-14)13(16)18/h4-5,9H,7-8H2,1-3H3,(H,15,17). The molecule has 0 saturated carbocycles. The molecule has 1 rings (SSSR count). The fourth-order valence-electron chi connectivity index (χ4n) is 1.47. The molecule has 0 aliphatic heterocycles. The maximum absolute atomic E-state index is 11.9. The fraction of sp³-hybridized carbons (Fsp3) is 0.462. The summed E-state index contributed by atoms with van der Waals surface area (Å²) < 4.78 is 1.31. The minimum Gasteiger partial charge on any atom is -0.354 e. The van der Waals surface area contributed by atoms with Crippen LogP contribution in [-0.4, -0.2) is 17.0 Å². The smallest absolute Gasteiger partial charge is 0.269 e. The van der Waals surface area contributed by atoms with E-state index in [1.165, 1.54) is 10.6 Å². The zero-order valence-electron chi connectivity index (χ0n) is 10.9. The van der Waals surface area contributed by atoms with E-state index in [0.29, 0.717) is 18.2 Å². The van der Waals surface area contributed by atoms with Gasteiger partial charge in [-0.3, -0.25) is 9.59 Å². The summed E-state index contributed by atoms with van der Waals surface area (Å²) >= 11 is 0. The van der Waals surface area contributed by atoms with Crippen LogP contribution in [0.25, 0.3) is 0 Å². The minimum atomic E-state index is -0.419. The summed E-state index contributed by atoms with van der Waals surface area (Å²) in [6, 6.07) is 4.96. The molecule has 1 N–H and O–H groups in total. The molecule has 0 aliphatic carbocycles. The average molecular weight is 247 g/mol. The SMILES string of the molecule is Cc1ccc(C#N)c(=O)n1CC(=O)NCC(C)C. The van der Waals surface area contributed by atoms with Crippen molar-refractivity contribution >= 4 is 5.91 Å². The van der Waals surface area contributed by atoms with Gasteiger partial charge in [-0.05, 0) is 25.0 Å². The molecule has 96 valence electrons. The van der Waals surface area contributed by atoms with Crippen LogP contribution in [-0.2, 0) is 11.3 Å². The number of aryl methyl sites for hydroxylation is 1. The Kier molecular flexibility index (Phi) is 4.67. The zero-order chi connectivity index (χ0) is 13.7. The Labute approximate surface area is 106 Å². The normalized spacial score (nSPS) is 10.2. The van der Waals surface area contributed by atoms with E-state index >= 15 is 0 Å². The van der Waals surface area contributed by atoms with E-state index in [-0.39, 0.29) is 18.0 Å². The second-order valence-electron chi connectivity index (χ2n) is 4.59. The monoisotopic (exact) mass is 247 g/mol. The summed E-state index contributed by atoms with van der Waals surface area (Å²) in [6.07, 6.45) is 0. The van der Waals surface area contributed by atoms with E-state index in [2.05, 4.69) is 5.32 Å². The van der Waals surface area contributed by atoms with Gasteiger partial charge >= 0.3 is 0 Å². The van der Waals surface area contributed by atoms with E-state index in [9.17, 15) is 9.59 Å². The third-order valence-electron chi connectivity index (χ3n) is 2.52. The predicted octanol–water partition coefficient (Wildman–Crippen LogP) is 0.801. The lowest BCUT2D eigenvalue weighted by atomic mass is 10.2. The van der Waals surface area contributed by atoms with Gasteiger partial charge in [-0.2, -0.15) is 5.26 Å². The summed E-state index contributed by atoms with van der Waals surface area (Å²) in [6.45, 7) is 6.25. The summed E-state index contributed by atoms with van der Waals surface area (Å²) in [4.78, 5) is 23.5. The number of carbonyl (C=O) groups is 1. The second kappa shape index (κ2) is 6.01. The maximum Gasteiger partial charge on any atom is 0.269 e. The molecule has 0 saturated heterocycles. The van der Waals surface area contributed by atoms with Gasteiger partial charge in [0, 0.05) is 12.2 Å². The van der Waals surface area contributed by atoms with Crippen molar-refractivity contribution in [3.63, 3.8) is 0 Å². The molecule has 5 heteroatoms. The largest absolute Gasteiger partial charge is 0.354 e. The number of nitriles is 1. The Bertz CT molecular complexity index is 538. The van der Waals surface area contributed by atoms with Crippen LogP contribution in [0.5, 0.6) is 0 Å². The van der Waals surface area contributed by atoms with E-state index < -0.39 is 5.56 Å². The molecule has 5 nitrogen and oxygen atoms in total. The van der Waals surface area contributed by atoms with Crippen LogP contribution in [0.15, 0.2) is 16.9 Å². The van der Waals surface area contributed by atoms with Crippen LogP contribution >= 0.6 is 0 Å². The van der Waals surface area contributed by atoms with E-state index in [0.717, 1.165) is 0 Å². The Balaban J connectivity index is 2.88. The lowest BCUT2D eigenvalue weighted by Gasteiger charge is -2.11. The van der Waals surface area contributed by atoms with Crippen LogP contribution < -0.4 is 10.9 Å². The van der Waals surface area contributed by atoms with Crippen molar-refractivity contribution in [3.05, 3.63) is 33.7 Å². The van der Waals surface area contributed by atoms with E-state index in [4.69, 9.17) is 5.26 Å². The molecule has 0 radical (unpaired) electrons. The molecule has 0 spiro atoms. The van der Waals surface area contributed by atoms with Gasteiger partial charge < -0.3 is 9.88 Å². The van der Waals surface area contributed by atoms with Crippen molar-refractivity contribution in [1.29, 1.82) is 5.26 Å². The maximum atomic E-state index is 11.9. The molecular weight excluding hydrogens is 230 g/mol. The number of hydrogen-bond donors (Lipinski definition) is 1. The van der Waals surface area contributed by atoms with Crippen molar-refractivity contribution in [2.75, 3.05) is 6.54 Å². The summed E-state index contributed by atoms with van der Waals surface area (Å²) in [5, 5.41) is 11.5. The quantitative estimate of drug-likeness (QED) is 0.855. The fourth-order valence-corrected chi connectivity index (χ4v) is 1.47. The number of aromatic nitrogens is 1. The van der Waals surface area contributed by atoms with Crippen molar-refractivity contribution < 1.29 is 4.79 Å². The van der Waals surface area contributed by atoms with Gasteiger partial charge in [0.05, 0.1) is 0 Å². The van der Waals surface area contributed by atoms with Gasteiger partial charge in [0.1, 0.15) is 18.2 Å². The van der Waals surface area contributed by atoms with Crippen LogP contribution in [0.1, 0.15) is 25.1 Å². The summed E-state index contributed by atoms with van der Waals surface area (Å²) in [5.74, 6) is 0.140. The number of nitrogens with zero attached hydrogens (tertiary/aromatic N) is 2. The molecule has 0 fully saturated rings. The Morgan fingerprint density at radius 2 is 2.17 bits per heavy atom. The second-order valence-corrected chi connectivity index (χ2v) is 4.59. The molecule has 18 heavy (non-hydrogen) atoms. The Hall–Kier alpha value is -2.09. The first-order valence-electron chi connectivity index (χ1n) is 5.83. The average Bonchev–Trinajstić information content (AvgIpc) is 2.32. The predicted molar refractivity (Wildman–Crippen MR) is 68.0 cm³/mol. The molecular formula is C13H17N3O2. The first-order chi connectivity index (χ1) is 8.45. The molecule has 0 bridgehead atoms. The molecule has 1 aromatic rings. The van der Waals surface area contributed by atoms with Gasteiger partial charge in [0.25, 0.3) is 5.56 Å². The van der Waals surface area contributed by atoms with Gasteiger partial charge in [-0.1, -0.05) is 13.8 Å². The summed E-state index contributed by atoms with van der Waals surface area (Å²) in [7, 11) is 0. The number of carbonyl (C=O) groups excluding carboxylic acids is 1. The first-order valence-corrected chi connectivity index (χ1v) is 5.83. The highest BCUT2D eigenvalue weighted by Gasteiger charge is 2.10. The lowest BCUT2D eigenvalue weighted by Crippen LogP contribution is -2.35. The van der Waals surface area contributed by atoms with Crippen LogP contribution in [0.4, 0.5) is 0 Å². The molecule has 0 unspecified atom stereocenters. The molecule has 1 heterocycles. The molecule has 0 aliphatic rings. The van der Waals surface area contributed by atoms with Crippen LogP contribution in [0.3, 0.4) is 0 Å². The van der Waals surface area contributed by atoms with Gasteiger partial charge in [-0.25, -0.2) is 0 Å². The lowest BCUT2D eigenvalue weighted by molar-refractivity contribution is -0.121.